The van der Waals surface area contributed by atoms with Gasteiger partial charge in [-0.25, -0.2) is 4.57 Å². The summed E-state index contributed by atoms with van der Waals surface area (Å²) >= 11 is 0. The number of likely N-dealkylation sites (N-methyl/N-ethyl adjacent to an activating group) is 1. The van der Waals surface area contributed by atoms with E-state index >= 15 is 0 Å². The molecule has 0 aromatic heterocycles. The molecule has 0 aromatic carbocycles. The quantitative estimate of drug-likeness (QED) is 0.0211. The summed E-state index contributed by atoms with van der Waals surface area (Å²) < 4.78 is 34.8. The van der Waals surface area contributed by atoms with Gasteiger partial charge in [0, 0.05) is 12.8 Å². The molecule has 0 saturated carbocycles. The molecule has 2 atom stereocenters. The predicted octanol–water partition coefficient (Wildman–Crippen LogP) is 26.8. The smallest absolute Gasteiger partial charge is 0.462 e. The van der Waals surface area contributed by atoms with Crippen LogP contribution in [0.4, 0.5) is 0 Å². The Bertz CT molecular complexity index is 1860. The van der Waals surface area contributed by atoms with Gasteiger partial charge in [-0.15, -0.1) is 0 Å². The minimum atomic E-state index is -4.40. The number of rotatable bonds is 75. The Morgan fingerprint density at radius 1 is 0.340 bits per heavy atom. The minimum Gasteiger partial charge on any atom is -0.462 e. The number of phosphoric ester groups is 1. The molecular formula is C84H155NO8P+. The number of phosphoric acid groups is 1. The van der Waals surface area contributed by atoms with Gasteiger partial charge >= 0.3 is 19.8 Å². The average molecular weight is 1340 g/mol. The molecule has 548 valence electrons. The Morgan fingerprint density at radius 3 is 0.904 bits per heavy atom. The first kappa shape index (κ1) is 91.2. The lowest BCUT2D eigenvalue weighted by molar-refractivity contribution is -0.870. The molecule has 0 aliphatic carbocycles. The summed E-state index contributed by atoms with van der Waals surface area (Å²) in [4.78, 5) is 36.0. The third-order valence-electron chi connectivity index (χ3n) is 17.9. The maximum atomic E-state index is 12.9. The van der Waals surface area contributed by atoms with Gasteiger partial charge < -0.3 is 18.9 Å². The second-order valence-electron chi connectivity index (χ2n) is 28.4. The Balaban J connectivity index is 3.92. The lowest BCUT2D eigenvalue weighted by atomic mass is 10.0. The maximum Gasteiger partial charge on any atom is 0.472 e. The Hall–Kier alpha value is -2.81. The molecule has 94 heavy (non-hydrogen) atoms. The van der Waals surface area contributed by atoms with E-state index in [1.165, 1.54) is 283 Å². The number of hydrogen-bond acceptors (Lipinski definition) is 7. The van der Waals surface area contributed by atoms with Crippen molar-refractivity contribution in [3.8, 4) is 0 Å². The van der Waals surface area contributed by atoms with Crippen LogP contribution in [0.15, 0.2) is 85.1 Å². The van der Waals surface area contributed by atoms with Gasteiger partial charge in [0.1, 0.15) is 19.8 Å². The van der Waals surface area contributed by atoms with Crippen LogP contribution in [0, 0.1) is 0 Å². The third kappa shape index (κ3) is 78.2. The number of unbranched alkanes of at least 4 members (excludes halogenated alkanes) is 47. The summed E-state index contributed by atoms with van der Waals surface area (Å²) in [6.07, 6.45) is 103. The maximum absolute atomic E-state index is 12.9. The molecule has 0 aliphatic rings. The summed E-state index contributed by atoms with van der Waals surface area (Å²) in [5.41, 5.74) is 0. The van der Waals surface area contributed by atoms with Crippen LogP contribution in [-0.4, -0.2) is 74.9 Å². The van der Waals surface area contributed by atoms with Gasteiger partial charge in [0.25, 0.3) is 0 Å². The molecule has 0 aromatic rings. The number of ether oxygens (including phenoxy) is 2. The summed E-state index contributed by atoms with van der Waals surface area (Å²) in [7, 11) is 1.49. The second kappa shape index (κ2) is 74.4. The minimum absolute atomic E-state index is 0.0326. The second-order valence-corrected chi connectivity index (χ2v) is 29.9. The lowest BCUT2D eigenvalue weighted by Gasteiger charge is -2.24. The largest absolute Gasteiger partial charge is 0.472 e. The van der Waals surface area contributed by atoms with E-state index in [1.54, 1.807) is 0 Å². The molecule has 9 nitrogen and oxygen atoms in total. The number of nitrogens with zero attached hydrogens (tertiary/aromatic N) is 1. The van der Waals surface area contributed by atoms with Gasteiger partial charge in [-0.3, -0.25) is 18.6 Å². The van der Waals surface area contributed by atoms with Crippen molar-refractivity contribution < 1.29 is 42.1 Å². The van der Waals surface area contributed by atoms with Crippen molar-refractivity contribution in [3.05, 3.63) is 85.1 Å². The lowest BCUT2D eigenvalue weighted by Crippen LogP contribution is -2.37. The molecule has 0 radical (unpaired) electrons. The molecule has 0 aliphatic heterocycles. The predicted molar refractivity (Wildman–Crippen MR) is 409 cm³/mol. The first-order valence-corrected chi connectivity index (χ1v) is 41.8. The van der Waals surface area contributed by atoms with Crippen LogP contribution in [0.3, 0.4) is 0 Å². The zero-order chi connectivity index (χ0) is 68.3. The molecule has 0 saturated heterocycles. The standard InChI is InChI=1S/C84H154NO8P/c1-6-8-10-12-14-16-18-20-22-24-26-28-30-32-34-36-38-40-41-42-43-45-46-48-50-52-54-56-58-60-62-64-66-68-70-72-74-76-83(86)90-80-82(81-92-94(88,89)91-79-78-85(3,4)5)93-84(87)77-75-73-71-69-67-65-63-61-59-57-55-53-51-49-47-44-39-37-35-33-31-29-27-25-23-21-19-17-15-13-11-9-7-2/h9,11,15,17-18,20-21,23-24,26-27,29-30,32,82H,6-8,10,12-14,16,19,22,25,28,31,33-81H2,1-5H3/p+1/b11-9-,17-15-,20-18-,23-21-,26-24-,29-27-,32-30-. The number of carbonyl (C=O) groups is 2. The van der Waals surface area contributed by atoms with E-state index in [1.807, 2.05) is 21.1 Å². The fourth-order valence-corrected chi connectivity index (χ4v) is 12.5. The number of carbonyl (C=O) groups excluding carboxylic acids is 2. The van der Waals surface area contributed by atoms with Crippen molar-refractivity contribution in [3.63, 3.8) is 0 Å². The fourth-order valence-electron chi connectivity index (χ4n) is 11.8. The van der Waals surface area contributed by atoms with Gasteiger partial charge in [0.15, 0.2) is 6.10 Å². The Morgan fingerprint density at radius 2 is 0.606 bits per heavy atom. The highest BCUT2D eigenvalue weighted by Crippen LogP contribution is 2.43. The molecule has 2 unspecified atom stereocenters. The van der Waals surface area contributed by atoms with Crippen molar-refractivity contribution in [2.45, 2.75) is 392 Å². The summed E-state index contributed by atoms with van der Waals surface area (Å²) in [5, 5.41) is 0. The average Bonchev–Trinajstić information content (AvgIpc) is 1.56. The number of quaternary nitrogens is 1. The fraction of sp³-hybridized carbons (Fsp3) is 0.810. The summed E-state index contributed by atoms with van der Waals surface area (Å²) in [6, 6.07) is 0. The van der Waals surface area contributed by atoms with E-state index in [-0.39, 0.29) is 25.6 Å². The summed E-state index contributed by atoms with van der Waals surface area (Å²) in [5.74, 6) is -0.777. The van der Waals surface area contributed by atoms with Crippen LogP contribution in [0.2, 0.25) is 0 Å². The third-order valence-corrected chi connectivity index (χ3v) is 18.9. The first-order valence-electron chi connectivity index (χ1n) is 40.3. The van der Waals surface area contributed by atoms with Crippen LogP contribution in [0.25, 0.3) is 0 Å². The van der Waals surface area contributed by atoms with Crippen molar-refractivity contribution in [2.75, 3.05) is 47.5 Å². The molecule has 0 amide bonds. The van der Waals surface area contributed by atoms with Gasteiger partial charge in [0.2, 0.25) is 0 Å². The van der Waals surface area contributed by atoms with Crippen molar-refractivity contribution in [1.29, 1.82) is 0 Å². The van der Waals surface area contributed by atoms with Crippen LogP contribution in [0.5, 0.6) is 0 Å². The van der Waals surface area contributed by atoms with E-state index < -0.39 is 26.5 Å². The van der Waals surface area contributed by atoms with Gasteiger partial charge in [-0.2, -0.15) is 0 Å². The van der Waals surface area contributed by atoms with Crippen molar-refractivity contribution >= 4 is 19.8 Å². The molecule has 0 rings (SSSR count). The van der Waals surface area contributed by atoms with Crippen LogP contribution in [0.1, 0.15) is 386 Å². The SMILES string of the molecule is CC/C=C\C/C=C\C/C=C\C/C=C\CCCCCCCCCCCCCCCCCCCCCCC(=O)OC(COC(=O)CCCCCCCCCCCCCCCCCCCCCCCC/C=C\C/C=C\C/C=C\CCCCCCC)COP(=O)(O)OCC[N+](C)(C)C. The molecule has 10 heteroatoms. The monoisotopic (exact) mass is 1340 g/mol. The van der Waals surface area contributed by atoms with E-state index in [0.29, 0.717) is 23.9 Å². The Labute approximate surface area is 583 Å². The van der Waals surface area contributed by atoms with E-state index in [0.717, 1.165) is 70.6 Å². The highest BCUT2D eigenvalue weighted by Gasteiger charge is 2.27. The van der Waals surface area contributed by atoms with Crippen molar-refractivity contribution in [1.82, 2.24) is 0 Å². The molecule has 0 bridgehead atoms. The molecule has 0 heterocycles. The molecular weight excluding hydrogens is 1180 g/mol. The van der Waals surface area contributed by atoms with Gasteiger partial charge in [-0.05, 0) is 89.9 Å². The number of hydrogen-bond donors (Lipinski definition) is 1. The molecule has 1 N–H and O–H groups in total. The summed E-state index contributed by atoms with van der Waals surface area (Å²) in [6.45, 7) is 4.37. The Kier molecular flexibility index (Phi) is 72.2. The van der Waals surface area contributed by atoms with Gasteiger partial charge in [-0.1, -0.05) is 369 Å². The van der Waals surface area contributed by atoms with Crippen molar-refractivity contribution in [2.24, 2.45) is 0 Å². The topological polar surface area (TPSA) is 108 Å². The zero-order valence-corrected chi connectivity index (χ0v) is 63.6. The van der Waals surface area contributed by atoms with E-state index in [2.05, 4.69) is 98.9 Å². The van der Waals surface area contributed by atoms with Gasteiger partial charge in [0.05, 0.1) is 27.7 Å². The van der Waals surface area contributed by atoms with Crippen LogP contribution >= 0.6 is 7.82 Å². The normalized spacial score (nSPS) is 13.5. The molecule has 0 fully saturated rings. The van der Waals surface area contributed by atoms with E-state index in [9.17, 15) is 19.0 Å². The zero-order valence-electron chi connectivity index (χ0n) is 62.7. The first-order chi connectivity index (χ1) is 46.0. The molecule has 0 spiro atoms. The van der Waals surface area contributed by atoms with Crippen LogP contribution in [-0.2, 0) is 32.7 Å². The van der Waals surface area contributed by atoms with Crippen LogP contribution < -0.4 is 0 Å². The highest BCUT2D eigenvalue weighted by molar-refractivity contribution is 7.47. The van der Waals surface area contributed by atoms with E-state index in [4.69, 9.17) is 18.5 Å². The highest BCUT2D eigenvalue weighted by atomic mass is 31.2. The number of allylic oxidation sites excluding steroid dienone is 14. The number of esters is 2.